The highest BCUT2D eigenvalue weighted by molar-refractivity contribution is 5.85. The van der Waals surface area contributed by atoms with E-state index in [-0.39, 0.29) is 29.7 Å². The molecule has 6 atom stereocenters. The van der Waals surface area contributed by atoms with Crippen molar-refractivity contribution in [1.82, 2.24) is 10.2 Å². The van der Waals surface area contributed by atoms with Gasteiger partial charge in [0.05, 0.1) is 18.1 Å². The van der Waals surface area contributed by atoms with Crippen LogP contribution in [0.5, 0.6) is 0 Å². The van der Waals surface area contributed by atoms with Crippen LogP contribution in [-0.4, -0.2) is 59.6 Å². The lowest BCUT2D eigenvalue weighted by molar-refractivity contribution is -0.145. The second-order valence-electron chi connectivity index (χ2n) is 11.0. The van der Waals surface area contributed by atoms with Gasteiger partial charge in [-0.2, -0.15) is 0 Å². The van der Waals surface area contributed by atoms with Gasteiger partial charge in [-0.05, 0) is 48.5 Å². The van der Waals surface area contributed by atoms with Crippen LogP contribution in [0.3, 0.4) is 0 Å². The van der Waals surface area contributed by atoms with Crippen LogP contribution in [0.4, 0.5) is 0 Å². The summed E-state index contributed by atoms with van der Waals surface area (Å²) in [4.78, 5) is 40.4. The highest BCUT2D eigenvalue weighted by Gasteiger charge is 2.51. The van der Waals surface area contributed by atoms with E-state index in [4.69, 9.17) is 4.74 Å². The minimum absolute atomic E-state index is 0.140. The summed E-state index contributed by atoms with van der Waals surface area (Å²) in [5.41, 5.74) is 1.13. The van der Waals surface area contributed by atoms with Crippen molar-refractivity contribution in [3.8, 4) is 0 Å². The Bertz CT molecular complexity index is 900. The molecule has 1 aromatic carbocycles. The van der Waals surface area contributed by atoms with E-state index >= 15 is 0 Å². The van der Waals surface area contributed by atoms with E-state index in [0.29, 0.717) is 24.8 Å². The van der Waals surface area contributed by atoms with Gasteiger partial charge in [-0.3, -0.25) is 9.59 Å². The smallest absolute Gasteiger partial charge is 0.326 e. The molecule has 1 aliphatic carbocycles. The Morgan fingerprint density at radius 2 is 1.81 bits per heavy atom. The van der Waals surface area contributed by atoms with E-state index < -0.39 is 24.0 Å². The number of amides is 2. The minimum Gasteiger partial charge on any atom is -0.480 e. The van der Waals surface area contributed by atoms with Crippen molar-refractivity contribution < 1.29 is 24.2 Å². The first-order valence-electron chi connectivity index (χ1n) is 13.5. The number of hydrogen-bond acceptors (Lipinski definition) is 4. The molecule has 1 saturated heterocycles. The van der Waals surface area contributed by atoms with E-state index in [2.05, 4.69) is 26.1 Å². The van der Waals surface area contributed by atoms with Gasteiger partial charge >= 0.3 is 5.97 Å². The van der Waals surface area contributed by atoms with Crippen LogP contribution in [0.15, 0.2) is 30.3 Å². The Hall–Kier alpha value is -2.41. The van der Waals surface area contributed by atoms with E-state index in [9.17, 15) is 19.5 Å². The third-order valence-corrected chi connectivity index (χ3v) is 8.96. The molecule has 2 fully saturated rings. The lowest BCUT2D eigenvalue weighted by Gasteiger charge is -2.36. The monoisotopic (exact) mass is 500 g/mol. The zero-order valence-electron chi connectivity index (χ0n) is 22.5. The van der Waals surface area contributed by atoms with Gasteiger partial charge in [0.1, 0.15) is 6.04 Å². The number of hydrogen-bond donors (Lipinski definition) is 2. The van der Waals surface area contributed by atoms with Gasteiger partial charge in [-0.15, -0.1) is 0 Å². The number of rotatable bonds is 13. The Morgan fingerprint density at radius 3 is 2.36 bits per heavy atom. The van der Waals surface area contributed by atoms with Crippen LogP contribution in [0.2, 0.25) is 0 Å². The van der Waals surface area contributed by atoms with Crippen LogP contribution in [0, 0.1) is 23.2 Å². The maximum atomic E-state index is 13.4. The number of carbonyl (C=O) groups excluding carboxylic acids is 2. The van der Waals surface area contributed by atoms with Gasteiger partial charge < -0.3 is 20.1 Å². The van der Waals surface area contributed by atoms with Gasteiger partial charge in [0.15, 0.2) is 0 Å². The molecule has 36 heavy (non-hydrogen) atoms. The van der Waals surface area contributed by atoms with Crippen molar-refractivity contribution in [2.75, 3.05) is 13.7 Å². The minimum atomic E-state index is -1.07. The fourth-order valence-corrected chi connectivity index (χ4v) is 6.24. The quantitative estimate of drug-likeness (QED) is 0.421. The first kappa shape index (κ1) is 28.2. The molecule has 0 unspecified atom stereocenters. The highest BCUT2D eigenvalue weighted by atomic mass is 16.5. The average molecular weight is 501 g/mol. The number of benzene rings is 1. The summed E-state index contributed by atoms with van der Waals surface area (Å²) in [6.45, 7) is 9.17. The second kappa shape index (κ2) is 12.2. The third kappa shape index (κ3) is 6.28. The van der Waals surface area contributed by atoms with E-state index in [1.54, 1.807) is 14.0 Å². The van der Waals surface area contributed by atoms with Gasteiger partial charge in [0, 0.05) is 26.5 Å². The van der Waals surface area contributed by atoms with Crippen LogP contribution in [0.1, 0.15) is 71.8 Å². The maximum absolute atomic E-state index is 13.4. The summed E-state index contributed by atoms with van der Waals surface area (Å²) in [7, 11) is 1.57. The number of nitrogens with zero attached hydrogens (tertiary/aromatic N) is 1. The summed E-state index contributed by atoms with van der Waals surface area (Å²) in [5.74, 6) is -0.956. The number of ether oxygens (including phenoxy) is 1. The van der Waals surface area contributed by atoms with Crippen molar-refractivity contribution in [3.05, 3.63) is 35.9 Å². The number of carbonyl (C=O) groups is 3. The maximum Gasteiger partial charge on any atom is 0.326 e. The zero-order valence-corrected chi connectivity index (χ0v) is 22.5. The van der Waals surface area contributed by atoms with Gasteiger partial charge in [0.25, 0.3) is 0 Å². The molecular weight excluding hydrogens is 456 g/mol. The molecule has 1 heterocycles. The Labute approximate surface area is 216 Å². The van der Waals surface area contributed by atoms with Crippen LogP contribution >= 0.6 is 0 Å². The van der Waals surface area contributed by atoms with E-state index in [0.717, 1.165) is 24.8 Å². The molecule has 2 aliphatic rings. The van der Waals surface area contributed by atoms with Crippen LogP contribution in [-0.2, 0) is 25.5 Å². The van der Waals surface area contributed by atoms with Gasteiger partial charge in [-0.25, -0.2) is 4.79 Å². The molecule has 1 aliphatic heterocycles. The van der Waals surface area contributed by atoms with Crippen LogP contribution in [0.25, 0.3) is 0 Å². The van der Waals surface area contributed by atoms with Crippen molar-refractivity contribution in [1.29, 1.82) is 0 Å². The summed E-state index contributed by atoms with van der Waals surface area (Å²) in [6, 6.07) is 8.04. The van der Waals surface area contributed by atoms with E-state index in [1.165, 1.54) is 12.8 Å². The predicted molar refractivity (Wildman–Crippen MR) is 139 cm³/mol. The van der Waals surface area contributed by atoms with Crippen molar-refractivity contribution in [3.63, 3.8) is 0 Å². The van der Waals surface area contributed by atoms with Crippen molar-refractivity contribution >= 4 is 17.8 Å². The molecular formula is C29H44N2O5. The fraction of sp³-hybridized carbons (Fsp3) is 0.690. The Balaban J connectivity index is 1.64. The number of carboxylic acids is 1. The molecule has 0 bridgehead atoms. The lowest BCUT2D eigenvalue weighted by Crippen LogP contribution is -2.52. The van der Waals surface area contributed by atoms with E-state index in [1.807, 2.05) is 35.2 Å². The second-order valence-corrected chi connectivity index (χ2v) is 11.0. The Morgan fingerprint density at radius 1 is 1.14 bits per heavy atom. The number of methoxy groups -OCH3 is 1. The summed E-state index contributed by atoms with van der Waals surface area (Å²) in [5, 5.41) is 12.4. The number of nitrogens with one attached hydrogen (secondary N) is 1. The number of likely N-dealkylation sites (tertiary alicyclic amines) is 1. The number of aliphatic carboxylic acids is 1. The first-order chi connectivity index (χ1) is 17.1. The molecule has 7 heteroatoms. The summed E-state index contributed by atoms with van der Waals surface area (Å²) < 4.78 is 5.80. The average Bonchev–Trinajstić information content (AvgIpc) is 3.55. The highest BCUT2D eigenvalue weighted by Crippen LogP contribution is 2.59. The standard InChI is InChI=1S/C29H44N2O5/c1-6-19(2)29(14-15-29)20(3)17-25(32)31-16-10-13-24(31)26(36-5)21(4)27(33)30-23(28(34)35)18-22-11-8-7-9-12-22/h7-9,11-12,19-21,23-24,26H,6,10,13-18H2,1-5H3,(H,30,33)(H,34,35)/t19-,20+,21+,23-,24-,26+/m0/s1. The van der Waals surface area contributed by atoms with Gasteiger partial charge in [0.2, 0.25) is 11.8 Å². The molecule has 200 valence electrons. The number of carboxylic acid groups (broad SMARTS) is 1. The molecule has 7 nitrogen and oxygen atoms in total. The normalized spacial score (nSPS) is 22.8. The molecule has 0 spiro atoms. The third-order valence-electron chi connectivity index (χ3n) is 8.96. The summed E-state index contributed by atoms with van der Waals surface area (Å²) in [6.07, 6.45) is 5.41. The molecule has 3 rings (SSSR count). The zero-order chi connectivity index (χ0) is 26.5. The van der Waals surface area contributed by atoms with Crippen LogP contribution < -0.4 is 5.32 Å². The summed E-state index contributed by atoms with van der Waals surface area (Å²) >= 11 is 0. The lowest BCUT2D eigenvalue weighted by atomic mass is 9.77. The van der Waals surface area contributed by atoms with Crippen molar-refractivity contribution in [2.24, 2.45) is 23.2 Å². The Kier molecular flexibility index (Phi) is 9.56. The largest absolute Gasteiger partial charge is 0.480 e. The topological polar surface area (TPSA) is 95.9 Å². The molecule has 0 radical (unpaired) electrons. The molecule has 1 saturated carbocycles. The van der Waals surface area contributed by atoms with Crippen molar-refractivity contribution in [2.45, 2.75) is 90.8 Å². The first-order valence-corrected chi connectivity index (χ1v) is 13.5. The SMILES string of the molecule is CC[C@H](C)C1([C@H](C)CC(=O)N2CCC[C@H]2[C@H](OC)[C@@H](C)C(=O)N[C@@H](Cc2ccccc2)C(=O)O)CC1. The predicted octanol–water partition coefficient (Wildman–Crippen LogP) is 4.29. The fourth-order valence-electron chi connectivity index (χ4n) is 6.24. The molecule has 2 N–H and O–H groups in total. The molecule has 0 aromatic heterocycles. The molecule has 1 aromatic rings. The van der Waals surface area contributed by atoms with Gasteiger partial charge in [-0.1, -0.05) is 64.4 Å². The molecule has 2 amide bonds.